The van der Waals surface area contributed by atoms with E-state index in [1.807, 2.05) is 31.2 Å². The van der Waals surface area contributed by atoms with Crippen LogP contribution in [-0.4, -0.2) is 7.11 Å². The van der Waals surface area contributed by atoms with Crippen LogP contribution in [0.5, 0.6) is 5.75 Å². The van der Waals surface area contributed by atoms with E-state index >= 15 is 0 Å². The second-order valence-corrected chi connectivity index (χ2v) is 4.39. The molecule has 1 aromatic rings. The Kier molecular flexibility index (Phi) is 4.52. The van der Waals surface area contributed by atoms with Crippen molar-refractivity contribution in [1.82, 2.24) is 0 Å². The third-order valence-corrected chi connectivity index (χ3v) is 2.78. The zero-order chi connectivity index (χ0) is 13.7. The van der Waals surface area contributed by atoms with E-state index in [9.17, 15) is 0 Å². The van der Waals surface area contributed by atoms with Crippen molar-refractivity contribution < 1.29 is 4.74 Å². The van der Waals surface area contributed by atoms with Gasteiger partial charge in [-0.15, -0.1) is 0 Å². The molecule has 0 aliphatic rings. The highest BCUT2D eigenvalue weighted by Gasteiger charge is 2.10. The molecule has 0 saturated carbocycles. The Bertz CT molecular complexity index is 541. The van der Waals surface area contributed by atoms with Gasteiger partial charge < -0.3 is 4.74 Å². The van der Waals surface area contributed by atoms with Gasteiger partial charge in [0.15, 0.2) is 0 Å². The SMILES string of the molecule is COc1cc(C)c(C=C(C#N)C#N)cc1C(C)C. The fraction of sp³-hybridized carbons (Fsp3) is 0.333. The molecule has 0 atom stereocenters. The lowest BCUT2D eigenvalue weighted by molar-refractivity contribution is 0.407. The van der Waals surface area contributed by atoms with Crippen molar-refractivity contribution in [3.63, 3.8) is 0 Å². The average molecular weight is 240 g/mol. The van der Waals surface area contributed by atoms with Crippen LogP contribution in [0.2, 0.25) is 0 Å². The zero-order valence-corrected chi connectivity index (χ0v) is 11.1. The minimum Gasteiger partial charge on any atom is -0.496 e. The molecule has 0 heterocycles. The molecule has 1 aromatic carbocycles. The smallest absolute Gasteiger partial charge is 0.130 e. The predicted octanol–water partition coefficient (Wildman–Crippen LogP) is 3.56. The molecule has 0 N–H and O–H groups in total. The first-order valence-electron chi connectivity index (χ1n) is 5.74. The normalized spacial score (nSPS) is 9.50. The summed E-state index contributed by atoms with van der Waals surface area (Å²) in [4.78, 5) is 0. The lowest BCUT2D eigenvalue weighted by Crippen LogP contribution is -1.97. The van der Waals surface area contributed by atoms with Gasteiger partial charge in [0.1, 0.15) is 23.5 Å². The number of allylic oxidation sites excluding steroid dienone is 1. The van der Waals surface area contributed by atoms with Crippen LogP contribution >= 0.6 is 0 Å². The first kappa shape index (κ1) is 13.8. The maximum atomic E-state index is 8.79. The van der Waals surface area contributed by atoms with Gasteiger partial charge in [0, 0.05) is 0 Å². The van der Waals surface area contributed by atoms with Crippen LogP contribution in [0, 0.1) is 29.6 Å². The van der Waals surface area contributed by atoms with Crippen LogP contribution in [0.25, 0.3) is 6.08 Å². The van der Waals surface area contributed by atoms with Crippen LogP contribution in [0.4, 0.5) is 0 Å². The Morgan fingerprint density at radius 3 is 2.33 bits per heavy atom. The molecule has 18 heavy (non-hydrogen) atoms. The number of nitrogens with zero attached hydrogens (tertiary/aromatic N) is 2. The van der Waals surface area contributed by atoms with Gasteiger partial charge in [-0.1, -0.05) is 13.8 Å². The lowest BCUT2D eigenvalue weighted by atomic mass is 9.95. The van der Waals surface area contributed by atoms with E-state index in [0.29, 0.717) is 5.92 Å². The molecule has 0 aliphatic heterocycles. The first-order valence-corrected chi connectivity index (χ1v) is 5.74. The molecule has 0 aliphatic carbocycles. The zero-order valence-electron chi connectivity index (χ0n) is 11.1. The van der Waals surface area contributed by atoms with Gasteiger partial charge in [0.05, 0.1) is 7.11 Å². The summed E-state index contributed by atoms with van der Waals surface area (Å²) in [6, 6.07) is 7.66. The maximum absolute atomic E-state index is 8.79. The van der Waals surface area contributed by atoms with Crippen LogP contribution in [0.15, 0.2) is 17.7 Å². The van der Waals surface area contributed by atoms with E-state index in [-0.39, 0.29) is 5.57 Å². The van der Waals surface area contributed by atoms with Gasteiger partial charge in [-0.25, -0.2) is 0 Å². The quantitative estimate of drug-likeness (QED) is 0.759. The third kappa shape index (κ3) is 2.90. The molecule has 0 spiro atoms. The van der Waals surface area contributed by atoms with Crippen LogP contribution in [-0.2, 0) is 0 Å². The van der Waals surface area contributed by atoms with Crippen molar-refractivity contribution in [1.29, 1.82) is 10.5 Å². The van der Waals surface area contributed by atoms with Crippen molar-refractivity contribution in [2.45, 2.75) is 26.7 Å². The van der Waals surface area contributed by atoms with E-state index in [0.717, 1.165) is 22.4 Å². The summed E-state index contributed by atoms with van der Waals surface area (Å²) in [5.74, 6) is 1.16. The van der Waals surface area contributed by atoms with Gasteiger partial charge in [0.25, 0.3) is 0 Å². The standard InChI is InChI=1S/C15H16N2O/c1-10(2)14-7-13(6-12(8-16)9-17)11(3)5-15(14)18-4/h5-7,10H,1-4H3. The number of methoxy groups -OCH3 is 1. The molecule has 0 bridgehead atoms. The highest BCUT2D eigenvalue weighted by atomic mass is 16.5. The second-order valence-electron chi connectivity index (χ2n) is 4.39. The number of nitriles is 2. The minimum absolute atomic E-state index is 0.109. The predicted molar refractivity (Wildman–Crippen MR) is 71.0 cm³/mol. The molecule has 1 rings (SSSR count). The van der Waals surface area contributed by atoms with E-state index in [1.165, 1.54) is 0 Å². The molecule has 0 fully saturated rings. The molecule has 3 heteroatoms. The third-order valence-electron chi connectivity index (χ3n) is 2.78. The Balaban J connectivity index is 3.41. The van der Waals surface area contributed by atoms with Crippen molar-refractivity contribution in [2.75, 3.05) is 7.11 Å². The number of hydrogen-bond acceptors (Lipinski definition) is 3. The van der Waals surface area contributed by atoms with Crippen LogP contribution < -0.4 is 4.74 Å². The fourth-order valence-corrected chi connectivity index (χ4v) is 1.74. The van der Waals surface area contributed by atoms with Gasteiger partial charge in [-0.2, -0.15) is 10.5 Å². The van der Waals surface area contributed by atoms with E-state index < -0.39 is 0 Å². The molecule has 0 unspecified atom stereocenters. The molecule has 0 radical (unpaired) electrons. The number of ether oxygens (including phenoxy) is 1. The summed E-state index contributed by atoms with van der Waals surface area (Å²) >= 11 is 0. The molecule has 3 nitrogen and oxygen atoms in total. The van der Waals surface area contributed by atoms with Crippen molar-refractivity contribution >= 4 is 6.08 Å². The van der Waals surface area contributed by atoms with E-state index in [4.69, 9.17) is 15.3 Å². The van der Waals surface area contributed by atoms with Crippen molar-refractivity contribution in [3.05, 3.63) is 34.4 Å². The largest absolute Gasteiger partial charge is 0.496 e. The first-order chi connectivity index (χ1) is 8.53. The summed E-state index contributed by atoms with van der Waals surface area (Å²) in [6.07, 6.45) is 1.61. The lowest BCUT2D eigenvalue weighted by Gasteiger charge is -2.14. The number of benzene rings is 1. The summed E-state index contributed by atoms with van der Waals surface area (Å²) in [5, 5.41) is 17.6. The Morgan fingerprint density at radius 1 is 1.28 bits per heavy atom. The highest BCUT2D eigenvalue weighted by Crippen LogP contribution is 2.30. The van der Waals surface area contributed by atoms with Gasteiger partial charge in [-0.3, -0.25) is 0 Å². The number of rotatable bonds is 3. The molecule has 0 aromatic heterocycles. The van der Waals surface area contributed by atoms with Crippen molar-refractivity contribution in [3.8, 4) is 17.9 Å². The summed E-state index contributed by atoms with van der Waals surface area (Å²) in [6.45, 7) is 6.09. The monoisotopic (exact) mass is 240 g/mol. The summed E-state index contributed by atoms with van der Waals surface area (Å²) in [7, 11) is 1.64. The maximum Gasteiger partial charge on any atom is 0.130 e. The molecular weight excluding hydrogens is 224 g/mol. The van der Waals surface area contributed by atoms with Crippen LogP contribution in [0.3, 0.4) is 0 Å². The minimum atomic E-state index is 0.109. The molecule has 92 valence electrons. The number of aryl methyl sites for hydroxylation is 1. The Labute approximate surface area is 108 Å². The molecular formula is C15H16N2O. The Morgan fingerprint density at radius 2 is 1.89 bits per heavy atom. The summed E-state index contributed by atoms with van der Waals surface area (Å²) < 4.78 is 5.35. The topological polar surface area (TPSA) is 56.8 Å². The fourth-order valence-electron chi connectivity index (χ4n) is 1.74. The van der Waals surface area contributed by atoms with E-state index in [2.05, 4.69) is 13.8 Å². The van der Waals surface area contributed by atoms with Crippen molar-refractivity contribution in [2.24, 2.45) is 0 Å². The summed E-state index contributed by atoms with van der Waals surface area (Å²) in [5.41, 5.74) is 3.06. The van der Waals surface area contributed by atoms with Crippen LogP contribution in [0.1, 0.15) is 36.5 Å². The molecule has 0 amide bonds. The second kappa shape index (κ2) is 5.89. The van der Waals surface area contributed by atoms with Gasteiger partial charge >= 0.3 is 0 Å². The number of hydrogen-bond donors (Lipinski definition) is 0. The van der Waals surface area contributed by atoms with E-state index in [1.54, 1.807) is 13.2 Å². The average Bonchev–Trinajstić information content (AvgIpc) is 2.36. The molecule has 0 saturated heterocycles. The van der Waals surface area contributed by atoms with Gasteiger partial charge in [-0.05, 0) is 47.7 Å². The Hall–Kier alpha value is -2.26. The van der Waals surface area contributed by atoms with Gasteiger partial charge in [0.2, 0.25) is 0 Å². The highest BCUT2D eigenvalue weighted by molar-refractivity contribution is 5.66.